The van der Waals surface area contributed by atoms with Crippen molar-refractivity contribution in [2.24, 2.45) is 11.3 Å². The number of aromatic nitrogens is 1. The van der Waals surface area contributed by atoms with Crippen LogP contribution in [-0.4, -0.2) is 4.98 Å². The second-order valence-corrected chi connectivity index (χ2v) is 12.8. The van der Waals surface area contributed by atoms with E-state index in [2.05, 4.69) is 107 Å². The smallest absolute Gasteiger partial charge is 0.0708 e. The molecular formula is C39H53N. The van der Waals surface area contributed by atoms with E-state index in [1.54, 1.807) is 0 Å². The molecule has 0 radical (unpaired) electrons. The Balaban J connectivity index is 1.45. The molecule has 3 atom stereocenters. The second-order valence-electron chi connectivity index (χ2n) is 12.8. The molecule has 1 heteroatoms. The molecule has 2 aromatic carbocycles. The minimum absolute atomic E-state index is 0.421. The van der Waals surface area contributed by atoms with Gasteiger partial charge in [0, 0.05) is 11.3 Å². The van der Waals surface area contributed by atoms with E-state index in [0.29, 0.717) is 17.3 Å². The van der Waals surface area contributed by atoms with E-state index in [1.807, 2.05) is 0 Å². The largest absolute Gasteiger partial charge is 0.253 e. The lowest BCUT2D eigenvalue weighted by Gasteiger charge is -2.37. The number of allylic oxidation sites excluding steroid dienone is 2. The van der Waals surface area contributed by atoms with Gasteiger partial charge in [-0.05, 0) is 97.4 Å². The Bertz CT molecular complexity index is 1180. The molecule has 3 aromatic rings. The van der Waals surface area contributed by atoms with Crippen LogP contribution < -0.4 is 0 Å². The molecule has 0 bridgehead atoms. The predicted molar refractivity (Wildman–Crippen MR) is 174 cm³/mol. The molecule has 0 aliphatic heterocycles. The average Bonchev–Trinajstić information content (AvgIpc) is 2.98. The number of unbranched alkanes of at least 4 members (excludes halogenated alkanes) is 4. The highest BCUT2D eigenvalue weighted by atomic mass is 14.7. The SMILES string of the molecule is CCCCCCCC(C)c1cc(CCCc2ccccc2)cc(-c2ccc(CCC3(C)CCC=CC3C)cc2)n1. The maximum absolute atomic E-state index is 5.25. The molecule has 0 N–H and O–H groups in total. The van der Waals surface area contributed by atoms with Gasteiger partial charge in [-0.15, -0.1) is 0 Å². The third-order valence-corrected chi connectivity index (χ3v) is 9.56. The Labute approximate surface area is 245 Å². The molecule has 40 heavy (non-hydrogen) atoms. The van der Waals surface area contributed by atoms with Crippen LogP contribution in [0.4, 0.5) is 0 Å². The molecule has 0 saturated carbocycles. The zero-order valence-electron chi connectivity index (χ0n) is 25.8. The van der Waals surface area contributed by atoms with Crippen LogP contribution in [0.5, 0.6) is 0 Å². The first-order chi connectivity index (χ1) is 19.5. The van der Waals surface area contributed by atoms with Crippen molar-refractivity contribution < 1.29 is 0 Å². The van der Waals surface area contributed by atoms with Crippen molar-refractivity contribution in [1.29, 1.82) is 0 Å². The van der Waals surface area contributed by atoms with Crippen LogP contribution in [0, 0.1) is 11.3 Å². The van der Waals surface area contributed by atoms with Gasteiger partial charge in [0.2, 0.25) is 0 Å². The molecule has 1 nitrogen and oxygen atoms in total. The maximum Gasteiger partial charge on any atom is 0.0708 e. The summed E-state index contributed by atoms with van der Waals surface area (Å²) >= 11 is 0. The van der Waals surface area contributed by atoms with Crippen LogP contribution in [-0.2, 0) is 19.3 Å². The summed E-state index contributed by atoms with van der Waals surface area (Å²) in [4.78, 5) is 5.25. The van der Waals surface area contributed by atoms with Crippen molar-refractivity contribution in [3.05, 3.63) is 101 Å². The lowest BCUT2D eigenvalue weighted by molar-refractivity contribution is 0.194. The van der Waals surface area contributed by atoms with Crippen molar-refractivity contribution in [3.63, 3.8) is 0 Å². The van der Waals surface area contributed by atoms with E-state index >= 15 is 0 Å². The second kappa shape index (κ2) is 15.4. The van der Waals surface area contributed by atoms with E-state index < -0.39 is 0 Å². The molecular weight excluding hydrogens is 482 g/mol. The maximum atomic E-state index is 5.25. The number of benzene rings is 2. The van der Waals surface area contributed by atoms with Gasteiger partial charge in [0.15, 0.2) is 0 Å². The molecule has 0 fully saturated rings. The number of pyridine rings is 1. The molecule has 0 amide bonds. The highest BCUT2D eigenvalue weighted by Gasteiger charge is 2.30. The van der Waals surface area contributed by atoms with Crippen molar-refractivity contribution >= 4 is 0 Å². The summed E-state index contributed by atoms with van der Waals surface area (Å²) in [6, 6.07) is 25.0. The van der Waals surface area contributed by atoms with Gasteiger partial charge in [-0.2, -0.15) is 0 Å². The highest BCUT2D eigenvalue weighted by molar-refractivity contribution is 5.60. The van der Waals surface area contributed by atoms with Gasteiger partial charge in [-0.25, -0.2) is 0 Å². The first kappa shape index (κ1) is 30.3. The number of rotatable bonds is 15. The van der Waals surface area contributed by atoms with E-state index in [1.165, 1.54) is 92.2 Å². The zero-order chi connectivity index (χ0) is 28.2. The fourth-order valence-corrected chi connectivity index (χ4v) is 6.30. The van der Waals surface area contributed by atoms with E-state index in [-0.39, 0.29) is 0 Å². The quantitative estimate of drug-likeness (QED) is 0.139. The fourth-order valence-electron chi connectivity index (χ4n) is 6.30. The first-order valence-corrected chi connectivity index (χ1v) is 16.3. The molecule has 214 valence electrons. The van der Waals surface area contributed by atoms with Gasteiger partial charge in [0.1, 0.15) is 0 Å². The Hall–Kier alpha value is -2.67. The van der Waals surface area contributed by atoms with Crippen molar-refractivity contribution in [1.82, 2.24) is 4.98 Å². The summed E-state index contributed by atoms with van der Waals surface area (Å²) < 4.78 is 0. The number of hydrogen-bond acceptors (Lipinski definition) is 1. The summed E-state index contributed by atoms with van der Waals surface area (Å²) in [5.41, 5.74) is 8.42. The molecule has 3 unspecified atom stereocenters. The van der Waals surface area contributed by atoms with E-state index in [4.69, 9.17) is 4.98 Å². The average molecular weight is 536 g/mol. The summed E-state index contributed by atoms with van der Waals surface area (Å²) in [5, 5.41) is 0. The minimum Gasteiger partial charge on any atom is -0.253 e. The first-order valence-electron chi connectivity index (χ1n) is 16.3. The van der Waals surface area contributed by atoms with Crippen LogP contribution in [0.15, 0.2) is 78.9 Å². The molecule has 1 aliphatic rings. The Morgan fingerprint density at radius 1 is 0.825 bits per heavy atom. The van der Waals surface area contributed by atoms with E-state index in [9.17, 15) is 0 Å². The summed E-state index contributed by atoms with van der Waals surface area (Å²) in [7, 11) is 0. The van der Waals surface area contributed by atoms with Crippen LogP contribution in [0.25, 0.3) is 11.3 Å². The number of nitrogens with zero attached hydrogens (tertiary/aromatic N) is 1. The van der Waals surface area contributed by atoms with Gasteiger partial charge in [0.05, 0.1) is 5.69 Å². The monoisotopic (exact) mass is 535 g/mol. The lowest BCUT2D eigenvalue weighted by atomic mass is 9.68. The number of aryl methyl sites for hydroxylation is 3. The molecule has 1 aromatic heterocycles. The Morgan fingerprint density at radius 2 is 1.55 bits per heavy atom. The van der Waals surface area contributed by atoms with Crippen LogP contribution >= 0.6 is 0 Å². The van der Waals surface area contributed by atoms with E-state index in [0.717, 1.165) is 25.0 Å². The van der Waals surface area contributed by atoms with Crippen molar-refractivity contribution in [3.8, 4) is 11.3 Å². The molecule has 0 spiro atoms. The van der Waals surface area contributed by atoms with Gasteiger partial charge >= 0.3 is 0 Å². The Morgan fingerprint density at radius 3 is 2.30 bits per heavy atom. The molecule has 0 saturated heterocycles. The van der Waals surface area contributed by atoms with Gasteiger partial charge < -0.3 is 0 Å². The Kier molecular flexibility index (Phi) is 11.6. The molecule has 4 rings (SSSR count). The van der Waals surface area contributed by atoms with Crippen LogP contribution in [0.3, 0.4) is 0 Å². The zero-order valence-corrected chi connectivity index (χ0v) is 25.8. The molecule has 1 heterocycles. The third-order valence-electron chi connectivity index (χ3n) is 9.56. The summed E-state index contributed by atoms with van der Waals surface area (Å²) in [6.45, 7) is 9.54. The fraction of sp³-hybridized carbons (Fsp3) is 0.513. The summed E-state index contributed by atoms with van der Waals surface area (Å²) in [6.07, 6.45) is 21.0. The van der Waals surface area contributed by atoms with Gasteiger partial charge in [-0.3, -0.25) is 4.98 Å². The van der Waals surface area contributed by atoms with Gasteiger partial charge in [-0.1, -0.05) is 127 Å². The predicted octanol–water partition coefficient (Wildman–Crippen LogP) is 11.3. The van der Waals surface area contributed by atoms with Crippen molar-refractivity contribution in [2.75, 3.05) is 0 Å². The lowest BCUT2D eigenvalue weighted by Crippen LogP contribution is -2.27. The standard InChI is InChI=1S/C39H53N/c1-5-6-7-8-10-16-31(2)37-29-35(21-15-20-33-18-11-9-12-19-33)30-38(40-37)36-24-22-34(23-25-36)26-28-39(4)27-14-13-17-32(39)3/h9,11-13,17-19,22-25,29-32H,5-8,10,14-16,20-21,26-28H2,1-4H3. The van der Waals surface area contributed by atoms with Crippen LogP contribution in [0.1, 0.15) is 120 Å². The highest BCUT2D eigenvalue weighted by Crippen LogP contribution is 2.41. The van der Waals surface area contributed by atoms with Crippen molar-refractivity contribution in [2.45, 2.75) is 117 Å². The summed E-state index contributed by atoms with van der Waals surface area (Å²) in [5.74, 6) is 1.17. The topological polar surface area (TPSA) is 12.9 Å². The third kappa shape index (κ3) is 8.92. The minimum atomic E-state index is 0.421. The van der Waals surface area contributed by atoms with Crippen LogP contribution in [0.2, 0.25) is 0 Å². The van der Waals surface area contributed by atoms with Gasteiger partial charge in [0.25, 0.3) is 0 Å². The number of hydrogen-bond donors (Lipinski definition) is 0. The molecule has 1 aliphatic carbocycles. The normalized spacial score (nSPS) is 19.6.